The van der Waals surface area contributed by atoms with Crippen molar-refractivity contribution in [2.24, 2.45) is 0 Å². The average molecular weight is 212 g/mol. The van der Waals surface area contributed by atoms with Gasteiger partial charge in [0.05, 0.1) is 0 Å². The van der Waals surface area contributed by atoms with Crippen molar-refractivity contribution in [2.75, 3.05) is 0 Å². The molecule has 0 aliphatic heterocycles. The lowest BCUT2D eigenvalue weighted by atomic mass is 10.2. The maximum absolute atomic E-state index is 12.8. The molecule has 0 heterocycles. The van der Waals surface area contributed by atoms with Gasteiger partial charge in [-0.1, -0.05) is 17.7 Å². The van der Waals surface area contributed by atoms with E-state index >= 15 is 0 Å². The molecule has 1 aromatic carbocycles. The first-order valence-corrected chi connectivity index (χ1v) is 3.43. The summed E-state index contributed by atoms with van der Waals surface area (Å²) >= 11 is 5.66. The number of hydrogen-bond donors (Lipinski definition) is 1. The molecule has 0 radical (unpaired) electrons. The van der Waals surface area contributed by atoms with E-state index < -0.39 is 0 Å². The highest BCUT2D eigenvalue weighted by atomic mass is 35.5. The molecule has 0 unspecified atom stereocenters. The second-order valence-corrected chi connectivity index (χ2v) is 2.46. The summed E-state index contributed by atoms with van der Waals surface area (Å²) in [5, 5.41) is 0.369. The van der Waals surface area contributed by atoms with Crippen LogP contribution in [0, 0.1) is 5.82 Å². The molecule has 0 saturated heterocycles. The predicted octanol–water partition coefficient (Wildman–Crippen LogP) is -1.84. The van der Waals surface area contributed by atoms with Gasteiger partial charge in [0.2, 0.25) is 0 Å². The Hall–Kier alpha value is -0.350. The van der Waals surface area contributed by atoms with Crippen LogP contribution in [0.25, 0.3) is 0 Å². The predicted molar refractivity (Wildman–Crippen MR) is 39.1 cm³/mol. The lowest BCUT2D eigenvalue weighted by Gasteiger charge is -2.00. The number of benzene rings is 1. The molecule has 68 valence electrons. The van der Waals surface area contributed by atoms with Crippen molar-refractivity contribution in [1.29, 1.82) is 0 Å². The van der Waals surface area contributed by atoms with E-state index in [-0.39, 0.29) is 24.8 Å². The zero-order chi connectivity index (χ0) is 8.27. The minimum Gasteiger partial charge on any atom is -1.00 e. The van der Waals surface area contributed by atoms with Gasteiger partial charge < -0.3 is 12.4 Å². The minimum atomic E-state index is -0.360. The van der Waals surface area contributed by atoms with Crippen LogP contribution >= 0.6 is 11.6 Å². The van der Waals surface area contributed by atoms with E-state index in [1.807, 2.05) is 0 Å². The standard InChI is InChI=1S/C7H8ClFNO.ClH/c8-6-2-1-3-7(9)5(6)4-11-10;/h1-3H,4H2,10H3;1H/q+1;/p-1. The monoisotopic (exact) mass is 211 g/mol. The second-order valence-electron chi connectivity index (χ2n) is 2.05. The van der Waals surface area contributed by atoms with Gasteiger partial charge in [0, 0.05) is 10.6 Å². The molecule has 0 amide bonds. The third-order valence-corrected chi connectivity index (χ3v) is 1.66. The highest BCUT2D eigenvalue weighted by Crippen LogP contribution is 2.18. The summed E-state index contributed by atoms with van der Waals surface area (Å²) < 4.78 is 12.8. The molecular weight excluding hydrogens is 204 g/mol. The van der Waals surface area contributed by atoms with Crippen molar-refractivity contribution >= 4 is 11.6 Å². The van der Waals surface area contributed by atoms with E-state index in [1.54, 1.807) is 12.1 Å². The SMILES string of the molecule is [Cl-].[NH3+]OCc1c(F)cccc1Cl. The first-order chi connectivity index (χ1) is 5.25. The van der Waals surface area contributed by atoms with Crippen molar-refractivity contribution in [3.63, 3.8) is 0 Å². The second kappa shape index (κ2) is 5.32. The summed E-state index contributed by atoms with van der Waals surface area (Å²) in [6, 6.07) is 4.49. The molecule has 1 rings (SSSR count). The minimum absolute atomic E-state index is 0. The molecule has 5 heteroatoms. The van der Waals surface area contributed by atoms with Gasteiger partial charge in [-0.3, -0.25) is 0 Å². The van der Waals surface area contributed by atoms with Crippen LogP contribution in [0.1, 0.15) is 5.56 Å². The largest absolute Gasteiger partial charge is 1.00 e. The van der Waals surface area contributed by atoms with E-state index in [0.717, 1.165) is 0 Å². The van der Waals surface area contributed by atoms with E-state index in [4.69, 9.17) is 11.6 Å². The van der Waals surface area contributed by atoms with Gasteiger partial charge in [0.1, 0.15) is 12.4 Å². The van der Waals surface area contributed by atoms with E-state index in [0.29, 0.717) is 10.6 Å². The molecule has 0 aliphatic carbocycles. The molecule has 0 saturated carbocycles. The normalized spacial score (nSPS) is 9.25. The van der Waals surface area contributed by atoms with Crippen molar-refractivity contribution in [3.05, 3.63) is 34.6 Å². The highest BCUT2D eigenvalue weighted by molar-refractivity contribution is 6.31. The Balaban J connectivity index is 0.00000121. The summed E-state index contributed by atoms with van der Waals surface area (Å²) in [5.74, 6) is 2.78. The van der Waals surface area contributed by atoms with Gasteiger partial charge in [-0.25, -0.2) is 15.1 Å². The first-order valence-electron chi connectivity index (χ1n) is 3.05. The fourth-order valence-electron chi connectivity index (χ4n) is 0.772. The van der Waals surface area contributed by atoms with Crippen LogP contribution in [0.2, 0.25) is 5.02 Å². The van der Waals surface area contributed by atoms with Crippen LogP contribution in [-0.2, 0) is 11.4 Å². The fraction of sp³-hybridized carbons (Fsp3) is 0.143. The van der Waals surface area contributed by atoms with E-state index in [1.165, 1.54) is 6.07 Å². The molecule has 0 fully saturated rings. The first kappa shape index (κ1) is 11.6. The number of quaternary nitrogens is 1. The number of halogens is 3. The Bertz CT molecular complexity index is 237. The Morgan fingerprint density at radius 3 is 2.67 bits per heavy atom. The lowest BCUT2D eigenvalue weighted by molar-refractivity contribution is -0.695. The zero-order valence-corrected chi connectivity index (χ0v) is 7.70. The van der Waals surface area contributed by atoms with E-state index in [2.05, 4.69) is 10.7 Å². The van der Waals surface area contributed by atoms with Gasteiger partial charge in [-0.15, -0.1) is 0 Å². The molecule has 0 aliphatic rings. The number of hydrogen-bond acceptors (Lipinski definition) is 1. The molecule has 0 spiro atoms. The fourth-order valence-corrected chi connectivity index (χ4v) is 0.990. The van der Waals surface area contributed by atoms with Gasteiger partial charge in [0.25, 0.3) is 0 Å². The molecule has 2 nitrogen and oxygen atoms in total. The molecule has 0 aromatic heterocycles. The lowest BCUT2D eigenvalue weighted by Crippen LogP contribution is -3.00. The van der Waals surface area contributed by atoms with Crippen LogP contribution in [-0.4, -0.2) is 0 Å². The zero-order valence-electron chi connectivity index (χ0n) is 6.19. The maximum Gasteiger partial charge on any atom is 0.135 e. The van der Waals surface area contributed by atoms with Crippen molar-refractivity contribution in [2.45, 2.75) is 6.61 Å². The summed E-state index contributed by atoms with van der Waals surface area (Å²) in [7, 11) is 0. The summed E-state index contributed by atoms with van der Waals surface area (Å²) in [6.07, 6.45) is 0. The molecular formula is C7H8Cl2FNO. The molecule has 0 atom stereocenters. The Morgan fingerprint density at radius 1 is 1.50 bits per heavy atom. The Labute approximate surface area is 80.8 Å². The third kappa shape index (κ3) is 2.60. The van der Waals surface area contributed by atoms with E-state index in [9.17, 15) is 4.39 Å². The Kier molecular flexibility index (Phi) is 5.17. The Morgan fingerprint density at radius 2 is 2.17 bits per heavy atom. The van der Waals surface area contributed by atoms with Crippen molar-refractivity contribution < 1.29 is 27.5 Å². The maximum atomic E-state index is 12.8. The molecule has 12 heavy (non-hydrogen) atoms. The van der Waals surface area contributed by atoms with Gasteiger partial charge in [-0.2, -0.15) is 0 Å². The van der Waals surface area contributed by atoms with Gasteiger partial charge >= 0.3 is 0 Å². The third-order valence-electron chi connectivity index (χ3n) is 1.31. The average Bonchev–Trinajstić information content (AvgIpc) is 1.97. The number of rotatable bonds is 2. The van der Waals surface area contributed by atoms with Crippen LogP contribution in [0.15, 0.2) is 18.2 Å². The molecule has 1 aromatic rings. The summed E-state index contributed by atoms with van der Waals surface area (Å²) in [5.41, 5.74) is 0.351. The van der Waals surface area contributed by atoms with Crippen LogP contribution in [0.5, 0.6) is 0 Å². The molecule has 3 N–H and O–H groups in total. The summed E-state index contributed by atoms with van der Waals surface area (Å²) in [4.78, 5) is 4.52. The van der Waals surface area contributed by atoms with Crippen LogP contribution in [0.3, 0.4) is 0 Å². The van der Waals surface area contributed by atoms with Crippen LogP contribution < -0.4 is 18.3 Å². The quantitative estimate of drug-likeness (QED) is 0.574. The van der Waals surface area contributed by atoms with Crippen molar-refractivity contribution in [3.8, 4) is 0 Å². The van der Waals surface area contributed by atoms with Gasteiger partial charge in [0.15, 0.2) is 0 Å². The van der Waals surface area contributed by atoms with Crippen LogP contribution in [0.4, 0.5) is 4.39 Å². The molecule has 0 bridgehead atoms. The van der Waals surface area contributed by atoms with Crippen molar-refractivity contribution in [1.82, 2.24) is 0 Å². The highest BCUT2D eigenvalue weighted by Gasteiger charge is 2.06. The summed E-state index contributed by atoms with van der Waals surface area (Å²) in [6.45, 7) is 0.103. The topological polar surface area (TPSA) is 36.9 Å². The smallest absolute Gasteiger partial charge is 0.135 e. The van der Waals surface area contributed by atoms with Gasteiger partial charge in [-0.05, 0) is 12.1 Å².